The SMILES string of the molecule is COc1cc(Cl)cc(C2(CN)CCC2)c1OC1CC1. The Hall–Kier alpha value is -0.930. The van der Waals surface area contributed by atoms with Crippen LogP contribution < -0.4 is 15.2 Å². The summed E-state index contributed by atoms with van der Waals surface area (Å²) >= 11 is 6.22. The van der Waals surface area contributed by atoms with E-state index in [1.54, 1.807) is 7.11 Å². The molecule has 0 unspecified atom stereocenters. The quantitative estimate of drug-likeness (QED) is 0.901. The molecule has 2 fully saturated rings. The highest BCUT2D eigenvalue weighted by atomic mass is 35.5. The molecule has 2 saturated carbocycles. The minimum absolute atomic E-state index is 0.0302. The van der Waals surface area contributed by atoms with Gasteiger partial charge in [0.05, 0.1) is 13.2 Å². The predicted octanol–water partition coefficient (Wildman–Crippen LogP) is 3.27. The van der Waals surface area contributed by atoms with Crippen LogP contribution in [0, 0.1) is 0 Å². The van der Waals surface area contributed by atoms with E-state index in [0.29, 0.717) is 17.7 Å². The number of hydrogen-bond acceptors (Lipinski definition) is 3. The van der Waals surface area contributed by atoms with Crippen LogP contribution in [0.5, 0.6) is 11.5 Å². The van der Waals surface area contributed by atoms with E-state index in [1.165, 1.54) is 6.42 Å². The van der Waals surface area contributed by atoms with Crippen molar-refractivity contribution >= 4 is 11.6 Å². The maximum atomic E-state index is 6.22. The van der Waals surface area contributed by atoms with Crippen molar-refractivity contribution in [2.45, 2.75) is 43.6 Å². The first-order chi connectivity index (χ1) is 9.18. The predicted molar refractivity (Wildman–Crippen MR) is 76.2 cm³/mol. The number of benzene rings is 1. The van der Waals surface area contributed by atoms with Crippen LogP contribution in [-0.2, 0) is 5.41 Å². The minimum atomic E-state index is 0.0302. The molecule has 3 nitrogen and oxygen atoms in total. The van der Waals surface area contributed by atoms with Gasteiger partial charge in [-0.3, -0.25) is 0 Å². The summed E-state index contributed by atoms with van der Waals surface area (Å²) in [7, 11) is 1.66. The first-order valence-corrected chi connectivity index (χ1v) is 7.31. The average molecular weight is 282 g/mol. The van der Waals surface area contributed by atoms with Gasteiger partial charge in [-0.05, 0) is 31.7 Å². The summed E-state index contributed by atoms with van der Waals surface area (Å²) < 4.78 is 11.5. The summed E-state index contributed by atoms with van der Waals surface area (Å²) in [5.41, 5.74) is 7.19. The molecular formula is C15H20ClNO2. The summed E-state index contributed by atoms with van der Waals surface area (Å²) in [6.07, 6.45) is 6.02. The Morgan fingerprint density at radius 1 is 1.37 bits per heavy atom. The molecule has 0 amide bonds. The molecule has 19 heavy (non-hydrogen) atoms. The zero-order valence-corrected chi connectivity index (χ0v) is 12.0. The fraction of sp³-hybridized carbons (Fsp3) is 0.600. The second-order valence-electron chi connectivity index (χ2n) is 5.64. The summed E-state index contributed by atoms with van der Waals surface area (Å²) in [5, 5.41) is 0.690. The van der Waals surface area contributed by atoms with Crippen LogP contribution in [0.1, 0.15) is 37.7 Å². The minimum Gasteiger partial charge on any atom is -0.493 e. The molecular weight excluding hydrogens is 262 g/mol. The number of halogens is 1. The van der Waals surface area contributed by atoms with Crippen molar-refractivity contribution in [3.63, 3.8) is 0 Å². The second kappa shape index (κ2) is 4.88. The van der Waals surface area contributed by atoms with Crippen molar-refractivity contribution in [3.8, 4) is 11.5 Å². The monoisotopic (exact) mass is 281 g/mol. The maximum Gasteiger partial charge on any atom is 0.165 e. The van der Waals surface area contributed by atoms with E-state index >= 15 is 0 Å². The summed E-state index contributed by atoms with van der Waals surface area (Å²) in [6.45, 7) is 0.636. The van der Waals surface area contributed by atoms with Gasteiger partial charge in [-0.2, -0.15) is 0 Å². The number of rotatable bonds is 5. The lowest BCUT2D eigenvalue weighted by atomic mass is 9.64. The van der Waals surface area contributed by atoms with Crippen LogP contribution in [0.4, 0.5) is 0 Å². The topological polar surface area (TPSA) is 44.5 Å². The summed E-state index contributed by atoms with van der Waals surface area (Å²) in [4.78, 5) is 0. The lowest BCUT2D eigenvalue weighted by Gasteiger charge is -2.42. The Balaban J connectivity index is 2.06. The van der Waals surface area contributed by atoms with Crippen LogP contribution in [0.25, 0.3) is 0 Å². The molecule has 2 aliphatic rings. The van der Waals surface area contributed by atoms with Gasteiger partial charge >= 0.3 is 0 Å². The van der Waals surface area contributed by atoms with Gasteiger partial charge in [-0.15, -0.1) is 0 Å². The highest BCUT2D eigenvalue weighted by molar-refractivity contribution is 6.30. The zero-order valence-electron chi connectivity index (χ0n) is 11.2. The van der Waals surface area contributed by atoms with E-state index in [9.17, 15) is 0 Å². The van der Waals surface area contributed by atoms with Gasteiger partial charge < -0.3 is 15.2 Å². The molecule has 0 bridgehead atoms. The molecule has 0 aliphatic heterocycles. The van der Waals surface area contributed by atoms with E-state index in [2.05, 4.69) is 0 Å². The highest BCUT2D eigenvalue weighted by Crippen LogP contribution is 2.51. The Kier molecular flexibility index (Phi) is 3.35. The highest BCUT2D eigenvalue weighted by Gasteiger charge is 2.41. The molecule has 104 valence electrons. The normalized spacial score (nSPS) is 20.8. The Morgan fingerprint density at radius 3 is 2.58 bits per heavy atom. The molecule has 1 aromatic carbocycles. The van der Waals surface area contributed by atoms with Crippen molar-refractivity contribution in [1.29, 1.82) is 0 Å². The van der Waals surface area contributed by atoms with E-state index in [0.717, 1.165) is 42.7 Å². The first kappa shape index (κ1) is 13.1. The molecule has 0 saturated heterocycles. The maximum absolute atomic E-state index is 6.22. The molecule has 2 aliphatic carbocycles. The van der Waals surface area contributed by atoms with Crippen LogP contribution in [0.3, 0.4) is 0 Å². The van der Waals surface area contributed by atoms with E-state index in [4.69, 9.17) is 26.8 Å². The van der Waals surface area contributed by atoms with Gasteiger partial charge in [0.1, 0.15) is 0 Å². The largest absolute Gasteiger partial charge is 0.493 e. The Morgan fingerprint density at radius 2 is 2.11 bits per heavy atom. The molecule has 4 heteroatoms. The average Bonchev–Trinajstić information content (AvgIpc) is 3.15. The van der Waals surface area contributed by atoms with Crippen LogP contribution in [-0.4, -0.2) is 19.8 Å². The smallest absolute Gasteiger partial charge is 0.165 e. The van der Waals surface area contributed by atoms with E-state index < -0.39 is 0 Å². The van der Waals surface area contributed by atoms with Crippen molar-refractivity contribution in [3.05, 3.63) is 22.7 Å². The van der Waals surface area contributed by atoms with E-state index in [-0.39, 0.29) is 5.41 Å². The molecule has 0 heterocycles. The molecule has 0 aromatic heterocycles. The molecule has 1 aromatic rings. The fourth-order valence-electron chi connectivity index (χ4n) is 2.78. The molecule has 3 rings (SSSR count). The van der Waals surface area contributed by atoms with Crippen molar-refractivity contribution in [2.24, 2.45) is 5.73 Å². The molecule has 0 radical (unpaired) electrons. The first-order valence-electron chi connectivity index (χ1n) is 6.93. The van der Waals surface area contributed by atoms with Gasteiger partial charge in [-0.1, -0.05) is 18.0 Å². The molecule has 0 atom stereocenters. The summed E-state index contributed by atoms with van der Waals surface area (Å²) in [6, 6.07) is 3.83. The van der Waals surface area contributed by atoms with E-state index in [1.807, 2.05) is 12.1 Å². The standard InChI is InChI=1S/C15H20ClNO2/c1-18-13-8-10(16)7-12(14(13)19-11-3-4-11)15(9-17)5-2-6-15/h7-8,11H,2-6,9,17H2,1H3. The van der Waals surface area contributed by atoms with Crippen molar-refractivity contribution < 1.29 is 9.47 Å². The third-order valence-electron chi connectivity index (χ3n) is 4.32. The van der Waals surface area contributed by atoms with Crippen molar-refractivity contribution in [1.82, 2.24) is 0 Å². The number of methoxy groups -OCH3 is 1. The van der Waals surface area contributed by atoms with Gasteiger partial charge in [0.2, 0.25) is 0 Å². The number of ether oxygens (including phenoxy) is 2. The molecule has 0 spiro atoms. The van der Waals surface area contributed by atoms with Gasteiger partial charge in [0.25, 0.3) is 0 Å². The Bertz CT molecular complexity index is 476. The van der Waals surface area contributed by atoms with Crippen LogP contribution in [0.2, 0.25) is 5.02 Å². The summed E-state index contributed by atoms with van der Waals surface area (Å²) in [5.74, 6) is 1.59. The van der Waals surface area contributed by atoms with Crippen LogP contribution >= 0.6 is 11.6 Å². The Labute approximate surface area is 119 Å². The second-order valence-corrected chi connectivity index (χ2v) is 6.08. The number of nitrogens with two attached hydrogens (primary N) is 1. The molecule has 2 N–H and O–H groups in total. The van der Waals surface area contributed by atoms with Gasteiger partial charge in [0.15, 0.2) is 11.5 Å². The third-order valence-corrected chi connectivity index (χ3v) is 4.54. The van der Waals surface area contributed by atoms with Crippen molar-refractivity contribution in [2.75, 3.05) is 13.7 Å². The van der Waals surface area contributed by atoms with Gasteiger partial charge in [-0.25, -0.2) is 0 Å². The number of hydrogen-bond donors (Lipinski definition) is 1. The van der Waals surface area contributed by atoms with Crippen LogP contribution in [0.15, 0.2) is 12.1 Å². The third kappa shape index (κ3) is 2.30. The fourth-order valence-corrected chi connectivity index (χ4v) is 2.98. The van der Waals surface area contributed by atoms with Gasteiger partial charge in [0, 0.05) is 28.6 Å². The zero-order chi connectivity index (χ0) is 13.5. The lowest BCUT2D eigenvalue weighted by Crippen LogP contribution is -2.42. The lowest BCUT2D eigenvalue weighted by molar-refractivity contribution is 0.225.